The summed E-state index contributed by atoms with van der Waals surface area (Å²) in [4.78, 5) is 0. The summed E-state index contributed by atoms with van der Waals surface area (Å²) >= 11 is 0. The van der Waals surface area contributed by atoms with Crippen LogP contribution in [-0.2, 0) is 4.74 Å². The second-order valence-electron chi connectivity index (χ2n) is 0.848. The molecule has 0 saturated carbocycles. The molecule has 0 fully saturated rings. The van der Waals surface area contributed by atoms with Gasteiger partial charge in [0.05, 0.1) is 12.5 Å². The molecule has 0 heterocycles. The summed E-state index contributed by atoms with van der Waals surface area (Å²) < 4.78 is 4.16. The third kappa shape index (κ3) is 4.78. The first-order chi connectivity index (χ1) is 3.41. The predicted molar refractivity (Wildman–Crippen MR) is 21.8 cm³/mol. The van der Waals surface area contributed by atoms with Crippen LogP contribution < -0.4 is 0 Å². The molecule has 0 aliphatic carbocycles. The molecule has 0 unspecified atom stereocenters. The van der Waals surface area contributed by atoms with Crippen LogP contribution in [0.2, 0.25) is 0 Å². The van der Waals surface area contributed by atoms with E-state index in [0.29, 0.717) is 0 Å². The molecule has 0 aliphatic heterocycles. The highest BCUT2D eigenvalue weighted by Crippen LogP contribution is 1.74. The van der Waals surface area contributed by atoms with Crippen LogP contribution in [0.25, 0.3) is 0 Å². The molecule has 0 aromatic rings. The highest BCUT2D eigenvalue weighted by Gasteiger charge is 1.77. The van der Waals surface area contributed by atoms with Gasteiger partial charge < -0.3 is 4.74 Å². The second kappa shape index (κ2) is 4.78. The maximum atomic E-state index is 7.85. The molecule has 7 heavy (non-hydrogen) atoms. The van der Waals surface area contributed by atoms with Crippen LogP contribution in [0.15, 0.2) is 0 Å². The molecule has 0 amide bonds. The molecule has 0 saturated heterocycles. The average molecular weight is 96.1 g/mol. The van der Waals surface area contributed by atoms with Gasteiger partial charge in [0.1, 0.15) is 6.61 Å². The Bertz CT molecular complexity index is 93.8. The topological polar surface area (TPSA) is 56.8 Å². The van der Waals surface area contributed by atoms with Crippen LogP contribution in [0.3, 0.4) is 0 Å². The summed E-state index contributed by atoms with van der Waals surface area (Å²) in [5, 5.41) is 15.6. The largest absolute Gasteiger partial charge is 0.426 e. The van der Waals surface area contributed by atoms with E-state index in [1.807, 2.05) is 6.07 Å². The van der Waals surface area contributed by atoms with Gasteiger partial charge in [0.25, 0.3) is 6.26 Å². The van der Waals surface area contributed by atoms with E-state index in [1.54, 1.807) is 0 Å². The Kier molecular flexibility index (Phi) is 3.95. The Morgan fingerprint density at radius 1 is 1.43 bits per heavy atom. The van der Waals surface area contributed by atoms with Crippen molar-refractivity contribution in [2.45, 2.75) is 6.42 Å². The molecule has 3 nitrogen and oxygen atoms in total. The second-order valence-corrected chi connectivity index (χ2v) is 0.848. The van der Waals surface area contributed by atoms with E-state index in [4.69, 9.17) is 10.5 Å². The van der Waals surface area contributed by atoms with Crippen molar-refractivity contribution in [2.75, 3.05) is 6.61 Å². The normalized spacial score (nSPS) is 6.00. The molecule has 0 rings (SSSR count). The summed E-state index contributed by atoms with van der Waals surface area (Å²) in [5.41, 5.74) is 0. The highest BCUT2D eigenvalue weighted by atomic mass is 16.5. The van der Waals surface area contributed by atoms with Gasteiger partial charge in [0, 0.05) is 0 Å². The lowest BCUT2D eigenvalue weighted by Gasteiger charge is -1.82. The van der Waals surface area contributed by atoms with Gasteiger partial charge in [0.15, 0.2) is 0 Å². The van der Waals surface area contributed by atoms with Crippen LogP contribution in [0.1, 0.15) is 6.42 Å². The van der Waals surface area contributed by atoms with E-state index < -0.39 is 0 Å². The minimum atomic E-state index is 0.215. The van der Waals surface area contributed by atoms with Crippen molar-refractivity contribution in [3.8, 4) is 12.3 Å². The van der Waals surface area contributed by atoms with E-state index in [1.165, 1.54) is 6.26 Å². The van der Waals surface area contributed by atoms with Crippen LogP contribution in [0.4, 0.5) is 0 Å². The fourth-order valence-electron chi connectivity index (χ4n) is 0.142. The summed E-state index contributed by atoms with van der Waals surface area (Å²) in [6.07, 6.45) is 1.74. The van der Waals surface area contributed by atoms with E-state index >= 15 is 0 Å². The first-order valence-electron chi connectivity index (χ1n) is 1.79. The SMILES string of the molecule is N#CCCOC#N. The molecule has 3 heteroatoms. The van der Waals surface area contributed by atoms with Gasteiger partial charge in [-0.25, -0.2) is 0 Å². The van der Waals surface area contributed by atoms with Crippen molar-refractivity contribution >= 4 is 0 Å². The minimum absolute atomic E-state index is 0.215. The number of rotatable bonds is 2. The van der Waals surface area contributed by atoms with E-state index in [-0.39, 0.29) is 13.0 Å². The van der Waals surface area contributed by atoms with Crippen LogP contribution in [0.5, 0.6) is 0 Å². The Labute approximate surface area is 41.7 Å². The third-order valence-corrected chi connectivity index (χ3v) is 0.380. The van der Waals surface area contributed by atoms with Crippen LogP contribution in [-0.4, -0.2) is 6.61 Å². The molecule has 0 bridgehead atoms. The fraction of sp³-hybridized carbons (Fsp3) is 0.500. The molecule has 0 aliphatic rings. The number of hydrogen-bond acceptors (Lipinski definition) is 3. The zero-order valence-electron chi connectivity index (χ0n) is 3.72. The van der Waals surface area contributed by atoms with Gasteiger partial charge in [-0.05, 0) is 0 Å². The standard InChI is InChI=1S/C4H4N2O/c5-2-1-3-7-4-6/h1,3H2. The first-order valence-corrected chi connectivity index (χ1v) is 1.79. The molecule has 0 aromatic heterocycles. The third-order valence-electron chi connectivity index (χ3n) is 0.380. The van der Waals surface area contributed by atoms with E-state index in [0.717, 1.165) is 0 Å². The van der Waals surface area contributed by atoms with Gasteiger partial charge in [-0.1, -0.05) is 0 Å². The Hall–Kier alpha value is -1.22. The molecule has 0 atom stereocenters. The average Bonchev–Trinajstić information content (AvgIpc) is 1.69. The molecule has 0 aromatic carbocycles. The lowest BCUT2D eigenvalue weighted by Crippen LogP contribution is -1.82. The minimum Gasteiger partial charge on any atom is -0.426 e. The first kappa shape index (κ1) is 5.78. The number of hydrogen-bond donors (Lipinski definition) is 0. The monoisotopic (exact) mass is 96.0 g/mol. The molecule has 0 N–H and O–H groups in total. The molecular weight excluding hydrogens is 92.1 g/mol. The van der Waals surface area contributed by atoms with Crippen molar-refractivity contribution in [1.82, 2.24) is 0 Å². The number of ether oxygens (including phenoxy) is 1. The van der Waals surface area contributed by atoms with Gasteiger partial charge in [0.2, 0.25) is 0 Å². The Morgan fingerprint density at radius 2 is 2.14 bits per heavy atom. The summed E-state index contributed by atoms with van der Waals surface area (Å²) in [7, 11) is 0. The van der Waals surface area contributed by atoms with Crippen LogP contribution >= 0.6 is 0 Å². The molecule has 0 radical (unpaired) electrons. The Morgan fingerprint density at radius 3 is 2.57 bits per heavy atom. The zero-order chi connectivity index (χ0) is 5.54. The van der Waals surface area contributed by atoms with E-state index in [2.05, 4.69) is 4.74 Å². The molecule has 0 spiro atoms. The van der Waals surface area contributed by atoms with Gasteiger partial charge >= 0.3 is 0 Å². The summed E-state index contributed by atoms with van der Waals surface area (Å²) in [5.74, 6) is 0. The maximum absolute atomic E-state index is 7.85. The number of nitrogens with zero attached hydrogens (tertiary/aromatic N) is 2. The lowest BCUT2D eigenvalue weighted by molar-refractivity contribution is 0.279. The summed E-state index contributed by atoms with van der Waals surface area (Å²) in [6.45, 7) is 0.215. The maximum Gasteiger partial charge on any atom is 0.286 e. The quantitative estimate of drug-likeness (QED) is 0.369. The predicted octanol–water partition coefficient (Wildman–Crippen LogP) is 0.398. The van der Waals surface area contributed by atoms with Crippen molar-refractivity contribution in [1.29, 1.82) is 10.5 Å². The zero-order valence-corrected chi connectivity index (χ0v) is 3.72. The van der Waals surface area contributed by atoms with Crippen molar-refractivity contribution < 1.29 is 4.74 Å². The smallest absolute Gasteiger partial charge is 0.286 e. The van der Waals surface area contributed by atoms with Crippen LogP contribution in [0, 0.1) is 22.8 Å². The lowest BCUT2D eigenvalue weighted by atomic mass is 10.5. The van der Waals surface area contributed by atoms with Crippen molar-refractivity contribution in [3.05, 3.63) is 0 Å². The fourth-order valence-corrected chi connectivity index (χ4v) is 0.142. The van der Waals surface area contributed by atoms with Gasteiger partial charge in [-0.3, -0.25) is 0 Å². The molecular formula is C4H4N2O. The molecule has 36 valence electrons. The summed E-state index contributed by atoms with van der Waals surface area (Å²) in [6, 6.07) is 1.83. The van der Waals surface area contributed by atoms with Crippen molar-refractivity contribution in [2.24, 2.45) is 0 Å². The Balaban J connectivity index is 2.77. The van der Waals surface area contributed by atoms with Crippen molar-refractivity contribution in [3.63, 3.8) is 0 Å². The number of nitriles is 2. The highest BCUT2D eigenvalue weighted by molar-refractivity contribution is 4.68. The van der Waals surface area contributed by atoms with E-state index in [9.17, 15) is 0 Å². The van der Waals surface area contributed by atoms with Gasteiger partial charge in [-0.2, -0.15) is 10.5 Å². The van der Waals surface area contributed by atoms with Gasteiger partial charge in [-0.15, -0.1) is 0 Å².